The van der Waals surface area contributed by atoms with Crippen molar-refractivity contribution in [2.45, 2.75) is 0 Å². The molecule has 2 aromatic carbocycles. The maximum atomic E-state index is 12.8. The molecule has 0 aliphatic rings. The molecule has 0 bridgehead atoms. The fourth-order valence-corrected chi connectivity index (χ4v) is 3.49. The Hall–Kier alpha value is -4.11. The highest BCUT2D eigenvalue weighted by Crippen LogP contribution is 2.38. The van der Waals surface area contributed by atoms with Crippen LogP contribution in [0.1, 0.15) is 22.5 Å². The number of nitrogens with zero attached hydrogens (tertiary/aromatic N) is 2. The Labute approximate surface area is 215 Å². The zero-order chi connectivity index (χ0) is 25.7. The van der Waals surface area contributed by atoms with Crippen molar-refractivity contribution in [2.24, 2.45) is 14.1 Å². The second kappa shape index (κ2) is 12.0. The van der Waals surface area contributed by atoms with Gasteiger partial charge in [-0.3, -0.25) is 0 Å². The number of hydrogen-bond acceptors (Lipinski definition) is 7. The summed E-state index contributed by atoms with van der Waals surface area (Å²) in [7, 11) is 9.20. The SMILES string of the molecule is COc1cc(C=Cc2cc(C=Cc3cc(OC)c(O)c(OC)c3)[n+](C)c(=O)n2C)cc(OC)c1O.[Cl-]. The second-order valence-electron chi connectivity index (χ2n) is 7.61. The molecule has 0 saturated carbocycles. The minimum Gasteiger partial charge on any atom is -1.00 e. The molecule has 10 heteroatoms. The van der Waals surface area contributed by atoms with Crippen LogP contribution in [0.2, 0.25) is 0 Å². The summed E-state index contributed by atoms with van der Waals surface area (Å²) >= 11 is 0. The van der Waals surface area contributed by atoms with E-state index in [2.05, 4.69) is 0 Å². The molecule has 0 aliphatic heterocycles. The van der Waals surface area contributed by atoms with Crippen LogP contribution in [0.5, 0.6) is 34.5 Å². The van der Waals surface area contributed by atoms with Crippen molar-refractivity contribution in [1.29, 1.82) is 0 Å². The summed E-state index contributed by atoms with van der Waals surface area (Å²) in [6, 6.07) is 8.53. The Morgan fingerprint density at radius 1 is 0.722 bits per heavy atom. The van der Waals surface area contributed by atoms with Crippen LogP contribution in [-0.4, -0.2) is 43.2 Å². The number of benzene rings is 2. The van der Waals surface area contributed by atoms with Crippen LogP contribution in [0.4, 0.5) is 0 Å². The number of halogens is 1. The van der Waals surface area contributed by atoms with Crippen molar-refractivity contribution in [3.63, 3.8) is 0 Å². The Kier molecular flexibility index (Phi) is 9.40. The lowest BCUT2D eigenvalue weighted by molar-refractivity contribution is -0.692. The van der Waals surface area contributed by atoms with Crippen molar-refractivity contribution in [3.05, 3.63) is 63.3 Å². The third kappa shape index (κ3) is 5.75. The average Bonchev–Trinajstić information content (AvgIpc) is 2.87. The van der Waals surface area contributed by atoms with E-state index in [1.54, 1.807) is 62.7 Å². The molecule has 0 aliphatic carbocycles. The topological polar surface area (TPSA) is 103 Å². The van der Waals surface area contributed by atoms with Gasteiger partial charge in [0, 0.05) is 6.07 Å². The van der Waals surface area contributed by atoms with Crippen molar-refractivity contribution < 1.29 is 46.1 Å². The molecule has 0 unspecified atom stereocenters. The third-order valence-corrected chi connectivity index (χ3v) is 5.54. The fraction of sp³-hybridized carbons (Fsp3) is 0.231. The minimum absolute atomic E-state index is 0. The van der Waals surface area contributed by atoms with E-state index in [0.717, 1.165) is 11.1 Å². The molecule has 0 fully saturated rings. The van der Waals surface area contributed by atoms with E-state index in [1.165, 1.54) is 37.6 Å². The number of phenols is 2. The maximum Gasteiger partial charge on any atom is 0.498 e. The molecule has 0 amide bonds. The van der Waals surface area contributed by atoms with Crippen LogP contribution in [0.3, 0.4) is 0 Å². The first kappa shape index (κ1) is 28.1. The smallest absolute Gasteiger partial charge is 0.498 e. The van der Waals surface area contributed by atoms with Crippen molar-refractivity contribution in [2.75, 3.05) is 28.4 Å². The van der Waals surface area contributed by atoms with Gasteiger partial charge in [0.25, 0.3) is 0 Å². The molecule has 3 aromatic rings. The Balaban J connectivity index is 0.00000456. The van der Waals surface area contributed by atoms with Gasteiger partial charge in [0.15, 0.2) is 23.0 Å². The van der Waals surface area contributed by atoms with Crippen molar-refractivity contribution in [3.8, 4) is 34.5 Å². The van der Waals surface area contributed by atoms with Crippen LogP contribution in [0.25, 0.3) is 24.3 Å². The molecular weight excluding hydrogens is 488 g/mol. The number of ether oxygens (including phenoxy) is 4. The molecule has 36 heavy (non-hydrogen) atoms. The monoisotopic (exact) mass is 516 g/mol. The number of hydrogen-bond donors (Lipinski definition) is 2. The minimum atomic E-state index is -0.214. The molecule has 0 radical (unpaired) electrons. The van der Waals surface area contributed by atoms with Crippen molar-refractivity contribution in [1.82, 2.24) is 4.57 Å². The summed E-state index contributed by atoms with van der Waals surface area (Å²) in [5.74, 6) is 0.949. The first-order valence-electron chi connectivity index (χ1n) is 10.6. The van der Waals surface area contributed by atoms with E-state index in [0.29, 0.717) is 11.4 Å². The lowest BCUT2D eigenvalue weighted by atomic mass is 10.1. The third-order valence-electron chi connectivity index (χ3n) is 5.54. The molecule has 192 valence electrons. The number of phenolic OH excluding ortho intramolecular Hbond substituents is 2. The van der Waals surface area contributed by atoms with Gasteiger partial charge in [0.1, 0.15) is 11.4 Å². The zero-order valence-corrected chi connectivity index (χ0v) is 21.7. The van der Waals surface area contributed by atoms with Crippen LogP contribution >= 0.6 is 0 Å². The molecule has 0 atom stereocenters. The quantitative estimate of drug-likeness (QED) is 0.406. The summed E-state index contributed by atoms with van der Waals surface area (Å²) in [5.41, 5.74) is 2.53. The van der Waals surface area contributed by atoms with Gasteiger partial charge in [-0.05, 0) is 47.5 Å². The van der Waals surface area contributed by atoms with Crippen LogP contribution in [0.15, 0.2) is 35.1 Å². The summed E-state index contributed by atoms with van der Waals surface area (Å²) in [6.45, 7) is 0. The van der Waals surface area contributed by atoms with E-state index in [4.69, 9.17) is 18.9 Å². The van der Waals surface area contributed by atoms with Gasteiger partial charge in [-0.2, -0.15) is 13.9 Å². The average molecular weight is 517 g/mol. The highest BCUT2D eigenvalue weighted by atomic mass is 35.5. The van der Waals surface area contributed by atoms with Crippen LogP contribution < -0.4 is 41.6 Å². The normalized spacial score (nSPS) is 10.9. The highest BCUT2D eigenvalue weighted by Gasteiger charge is 2.15. The van der Waals surface area contributed by atoms with E-state index >= 15 is 0 Å². The largest absolute Gasteiger partial charge is 1.00 e. The Morgan fingerprint density at radius 3 is 1.50 bits per heavy atom. The van der Waals surface area contributed by atoms with Gasteiger partial charge < -0.3 is 41.6 Å². The Morgan fingerprint density at radius 2 is 1.11 bits per heavy atom. The Bertz CT molecular complexity index is 1210. The summed E-state index contributed by atoms with van der Waals surface area (Å²) < 4.78 is 23.9. The van der Waals surface area contributed by atoms with Gasteiger partial charge >= 0.3 is 5.69 Å². The molecule has 2 N–H and O–H groups in total. The molecule has 0 saturated heterocycles. The lowest BCUT2D eigenvalue weighted by Gasteiger charge is -2.09. The van der Waals surface area contributed by atoms with Gasteiger partial charge in [0.05, 0.1) is 42.5 Å². The summed E-state index contributed by atoms with van der Waals surface area (Å²) in [5, 5.41) is 20.2. The van der Waals surface area contributed by atoms with E-state index < -0.39 is 0 Å². The molecule has 1 aromatic heterocycles. The number of aromatic nitrogens is 2. The van der Waals surface area contributed by atoms with Gasteiger partial charge in [-0.1, -0.05) is 12.2 Å². The highest BCUT2D eigenvalue weighted by molar-refractivity contribution is 5.74. The first-order chi connectivity index (χ1) is 16.7. The molecule has 0 spiro atoms. The molecule has 3 rings (SSSR count). The second-order valence-corrected chi connectivity index (χ2v) is 7.61. The zero-order valence-electron chi connectivity index (χ0n) is 20.9. The predicted octanol–water partition coefficient (Wildman–Crippen LogP) is 0.000200. The summed E-state index contributed by atoms with van der Waals surface area (Å²) in [6.07, 6.45) is 7.16. The van der Waals surface area contributed by atoms with Crippen LogP contribution in [0, 0.1) is 0 Å². The summed E-state index contributed by atoms with van der Waals surface area (Å²) in [4.78, 5) is 12.8. The predicted molar refractivity (Wildman–Crippen MR) is 133 cm³/mol. The maximum absolute atomic E-state index is 12.8. The number of rotatable bonds is 8. The van der Waals surface area contributed by atoms with Gasteiger partial charge in [-0.15, -0.1) is 0 Å². The van der Waals surface area contributed by atoms with Gasteiger partial charge in [0.2, 0.25) is 11.5 Å². The molecular formula is C26H29ClN2O7. The fourth-order valence-electron chi connectivity index (χ4n) is 3.49. The van der Waals surface area contributed by atoms with Crippen LogP contribution in [-0.2, 0) is 14.1 Å². The molecule has 9 nitrogen and oxygen atoms in total. The first-order valence-corrected chi connectivity index (χ1v) is 10.6. The van der Waals surface area contributed by atoms with E-state index in [-0.39, 0.29) is 52.6 Å². The lowest BCUT2D eigenvalue weighted by Crippen LogP contribution is -3.00. The van der Waals surface area contributed by atoms with E-state index in [9.17, 15) is 15.0 Å². The molecule has 1 heterocycles. The van der Waals surface area contributed by atoms with Gasteiger partial charge in [-0.25, -0.2) is 0 Å². The number of methoxy groups -OCH3 is 4. The van der Waals surface area contributed by atoms with E-state index in [1.807, 2.05) is 6.07 Å². The van der Waals surface area contributed by atoms with Crippen molar-refractivity contribution >= 4 is 24.3 Å². The number of aromatic hydroxyl groups is 2. The standard InChI is InChI=1S/C26H28N2O7.ClH/c1-27-18(9-7-16-11-20(32-3)24(29)21(12-16)33-4)15-19(28(2)26(27)31)10-8-17-13-22(34-5)25(30)23(14-17)35-6;/h7-15H,1-6H3,(H,29,30);1H.